The Kier molecular flexibility index (Phi) is 11.1. The first kappa shape index (κ1) is 35.7. The van der Waals surface area contributed by atoms with Crippen LogP contribution in [-0.2, 0) is 40.0 Å². The molecule has 1 aliphatic carbocycles. The van der Waals surface area contributed by atoms with Gasteiger partial charge in [0, 0.05) is 19.0 Å². The van der Waals surface area contributed by atoms with Gasteiger partial charge in [-0.2, -0.15) is 13.2 Å². The highest BCUT2D eigenvalue weighted by atomic mass is 19.4. The largest absolute Gasteiger partial charge is 0.489 e. The molecule has 1 unspecified atom stereocenters. The van der Waals surface area contributed by atoms with E-state index in [-0.39, 0.29) is 31.5 Å². The number of rotatable bonds is 12. The highest BCUT2D eigenvalue weighted by Gasteiger charge is 2.37. The molecule has 1 fully saturated rings. The number of hydrogen-bond acceptors (Lipinski definition) is 5. The van der Waals surface area contributed by atoms with Gasteiger partial charge in [0.15, 0.2) is 0 Å². The third-order valence-corrected chi connectivity index (χ3v) is 9.56. The standard InChI is InChI=1S/C40H40F3N3O5/c41-40(42,43)31-17-12-27(13-18-31)25-51-33-19-16-30-20-21-46(24-36(47)44-32-8-4-5-9-32)37(34(30)23-33)38(48)45-35(39(49)50)22-26-10-14-29(15-11-26)28-6-2-1-3-7-28/h1-3,6-7,10-19,23,32,35,37H,4-5,8-9,20-22,24-25H2,(H,44,47)(H,45,48)(H,49,50)/t35-,37?/m0/s1. The van der Waals surface area contributed by atoms with E-state index >= 15 is 0 Å². The Morgan fingerprint density at radius 2 is 1.53 bits per heavy atom. The minimum Gasteiger partial charge on any atom is -0.489 e. The number of nitrogens with zero attached hydrogens (tertiary/aromatic N) is 1. The lowest BCUT2D eigenvalue weighted by Crippen LogP contribution is -2.52. The van der Waals surface area contributed by atoms with E-state index in [4.69, 9.17) is 4.74 Å². The number of benzene rings is 4. The van der Waals surface area contributed by atoms with Crippen molar-refractivity contribution in [1.29, 1.82) is 0 Å². The summed E-state index contributed by atoms with van der Waals surface area (Å²) in [7, 11) is 0. The molecule has 4 aromatic rings. The summed E-state index contributed by atoms with van der Waals surface area (Å²) in [5, 5.41) is 16.0. The lowest BCUT2D eigenvalue weighted by Gasteiger charge is -2.36. The van der Waals surface area contributed by atoms with Crippen molar-refractivity contribution in [3.05, 3.63) is 125 Å². The van der Waals surface area contributed by atoms with E-state index in [9.17, 15) is 32.7 Å². The average molecular weight is 700 g/mol. The first-order chi connectivity index (χ1) is 24.5. The van der Waals surface area contributed by atoms with Gasteiger partial charge >= 0.3 is 12.1 Å². The summed E-state index contributed by atoms with van der Waals surface area (Å²) in [6.07, 6.45) is 0.0660. The van der Waals surface area contributed by atoms with Crippen molar-refractivity contribution >= 4 is 17.8 Å². The quantitative estimate of drug-likeness (QED) is 0.152. The summed E-state index contributed by atoms with van der Waals surface area (Å²) in [6.45, 7) is 0.336. The van der Waals surface area contributed by atoms with E-state index in [0.29, 0.717) is 29.8 Å². The second-order valence-corrected chi connectivity index (χ2v) is 13.2. The molecule has 1 saturated carbocycles. The highest BCUT2D eigenvalue weighted by molar-refractivity contribution is 5.89. The van der Waals surface area contributed by atoms with Crippen LogP contribution in [0.25, 0.3) is 11.1 Å². The van der Waals surface area contributed by atoms with E-state index in [1.165, 1.54) is 12.1 Å². The summed E-state index contributed by atoms with van der Waals surface area (Å²) in [5.74, 6) is -1.56. The van der Waals surface area contributed by atoms with Gasteiger partial charge in [0.1, 0.15) is 24.4 Å². The zero-order chi connectivity index (χ0) is 36.0. The molecule has 8 nitrogen and oxygen atoms in total. The molecule has 0 aromatic heterocycles. The number of nitrogens with one attached hydrogen (secondary N) is 2. The minimum absolute atomic E-state index is 0.00849. The molecule has 0 radical (unpaired) electrons. The molecule has 1 aliphatic heterocycles. The van der Waals surface area contributed by atoms with Crippen LogP contribution in [0.3, 0.4) is 0 Å². The first-order valence-electron chi connectivity index (χ1n) is 17.2. The minimum atomic E-state index is -4.44. The van der Waals surface area contributed by atoms with Crippen LogP contribution in [0.2, 0.25) is 0 Å². The molecule has 0 saturated heterocycles. The second kappa shape index (κ2) is 15.8. The number of carbonyl (C=O) groups excluding carboxylic acids is 2. The molecule has 51 heavy (non-hydrogen) atoms. The SMILES string of the molecule is O=C(CN1CCc2ccc(OCc3ccc(C(F)(F)F)cc3)cc2C1C(=O)N[C@@H](Cc1ccc(-c2ccccc2)cc1)C(=O)O)NC1CCCC1. The number of aliphatic carboxylic acids is 1. The summed E-state index contributed by atoms with van der Waals surface area (Å²) in [5.41, 5.74) is 3.95. The Morgan fingerprint density at radius 3 is 2.20 bits per heavy atom. The molecule has 3 N–H and O–H groups in total. The van der Waals surface area contributed by atoms with Crippen molar-refractivity contribution in [3.63, 3.8) is 0 Å². The molecule has 2 amide bonds. The predicted octanol–water partition coefficient (Wildman–Crippen LogP) is 6.72. The fourth-order valence-corrected chi connectivity index (χ4v) is 6.85. The van der Waals surface area contributed by atoms with Crippen molar-refractivity contribution in [2.75, 3.05) is 13.1 Å². The van der Waals surface area contributed by atoms with Crippen LogP contribution in [0.5, 0.6) is 5.75 Å². The second-order valence-electron chi connectivity index (χ2n) is 13.2. The highest BCUT2D eigenvalue weighted by Crippen LogP contribution is 2.34. The summed E-state index contributed by atoms with van der Waals surface area (Å²) in [4.78, 5) is 41.6. The fourth-order valence-electron chi connectivity index (χ4n) is 6.85. The van der Waals surface area contributed by atoms with Crippen LogP contribution in [0, 0.1) is 0 Å². The van der Waals surface area contributed by atoms with Crippen molar-refractivity contribution < 1.29 is 37.4 Å². The molecule has 266 valence electrons. The van der Waals surface area contributed by atoms with Gasteiger partial charge in [0.25, 0.3) is 0 Å². The van der Waals surface area contributed by atoms with Crippen LogP contribution in [0.15, 0.2) is 97.1 Å². The van der Waals surface area contributed by atoms with Gasteiger partial charge in [0.2, 0.25) is 11.8 Å². The van der Waals surface area contributed by atoms with E-state index in [0.717, 1.165) is 60.1 Å². The number of ether oxygens (including phenoxy) is 1. The maximum absolute atomic E-state index is 14.2. The van der Waals surface area contributed by atoms with Crippen LogP contribution in [-0.4, -0.2) is 53.0 Å². The number of carboxylic acids is 1. The van der Waals surface area contributed by atoms with Crippen LogP contribution in [0.1, 0.15) is 59.5 Å². The van der Waals surface area contributed by atoms with Gasteiger partial charge in [-0.15, -0.1) is 0 Å². The Bertz CT molecular complexity index is 1830. The maximum atomic E-state index is 14.2. The summed E-state index contributed by atoms with van der Waals surface area (Å²) >= 11 is 0. The van der Waals surface area contributed by atoms with E-state index < -0.39 is 35.7 Å². The molecule has 4 aromatic carbocycles. The Labute approximate surface area is 294 Å². The molecule has 0 spiro atoms. The molecule has 1 heterocycles. The molecule has 2 aliphatic rings. The van der Waals surface area contributed by atoms with Crippen molar-refractivity contribution in [2.24, 2.45) is 0 Å². The Balaban J connectivity index is 1.21. The lowest BCUT2D eigenvalue weighted by atomic mass is 9.91. The Morgan fingerprint density at radius 1 is 0.863 bits per heavy atom. The van der Waals surface area contributed by atoms with Crippen molar-refractivity contribution in [1.82, 2.24) is 15.5 Å². The van der Waals surface area contributed by atoms with E-state index in [1.807, 2.05) is 60.7 Å². The zero-order valence-corrected chi connectivity index (χ0v) is 28.0. The number of halogens is 3. The third-order valence-electron chi connectivity index (χ3n) is 9.56. The number of fused-ring (bicyclic) bond motifs is 1. The monoisotopic (exact) mass is 699 g/mol. The number of carbonyl (C=O) groups is 3. The number of amides is 2. The van der Waals surface area contributed by atoms with Crippen LogP contribution in [0.4, 0.5) is 13.2 Å². The van der Waals surface area contributed by atoms with Gasteiger partial charge in [0.05, 0.1) is 12.1 Å². The summed E-state index contributed by atoms with van der Waals surface area (Å²) < 4.78 is 45.0. The average Bonchev–Trinajstić information content (AvgIpc) is 3.63. The fraction of sp³-hybridized carbons (Fsp3) is 0.325. The van der Waals surface area contributed by atoms with Gasteiger partial charge in [-0.25, -0.2) is 4.79 Å². The molecule has 2 atom stereocenters. The maximum Gasteiger partial charge on any atom is 0.416 e. The summed E-state index contributed by atoms with van der Waals surface area (Å²) in [6, 6.07) is 25.2. The first-order valence-corrected chi connectivity index (χ1v) is 17.2. The third kappa shape index (κ3) is 9.15. The number of hydrogen-bond donors (Lipinski definition) is 3. The van der Waals surface area contributed by atoms with Crippen molar-refractivity contribution in [3.8, 4) is 16.9 Å². The van der Waals surface area contributed by atoms with Crippen LogP contribution >= 0.6 is 0 Å². The molecular formula is C40H40F3N3O5. The molecule has 11 heteroatoms. The Hall–Kier alpha value is -5.16. The molecule has 0 bridgehead atoms. The van der Waals surface area contributed by atoms with E-state index in [2.05, 4.69) is 10.6 Å². The van der Waals surface area contributed by atoms with Crippen LogP contribution < -0.4 is 15.4 Å². The zero-order valence-electron chi connectivity index (χ0n) is 28.0. The number of carboxylic acid groups (broad SMARTS) is 1. The molecular weight excluding hydrogens is 659 g/mol. The van der Waals surface area contributed by atoms with Gasteiger partial charge in [-0.3, -0.25) is 14.5 Å². The normalized spacial score (nSPS) is 17.0. The lowest BCUT2D eigenvalue weighted by molar-refractivity contribution is -0.143. The topological polar surface area (TPSA) is 108 Å². The molecule has 6 rings (SSSR count). The van der Waals surface area contributed by atoms with E-state index in [1.54, 1.807) is 17.0 Å². The van der Waals surface area contributed by atoms with Crippen molar-refractivity contribution in [2.45, 2.75) is 69.4 Å². The van der Waals surface area contributed by atoms with Gasteiger partial charge in [-0.1, -0.05) is 85.6 Å². The predicted molar refractivity (Wildman–Crippen MR) is 186 cm³/mol. The van der Waals surface area contributed by atoms with Gasteiger partial charge < -0.3 is 20.5 Å². The smallest absolute Gasteiger partial charge is 0.416 e. The van der Waals surface area contributed by atoms with Gasteiger partial charge in [-0.05, 0) is 76.9 Å². The number of alkyl halides is 3.